The Balaban J connectivity index is 2.18. The average molecular weight is 289 g/mol. The van der Waals surface area contributed by atoms with E-state index in [9.17, 15) is 0 Å². The standard InChI is InChI=1S/C16H23N3O2/c1-9(2)20-15-7-10(3)17-16(19-15)18-12(5)14-8-11(4)21-13(14)6/h7-9,12H,1-6H3,(H,17,18,19). The quantitative estimate of drug-likeness (QED) is 0.903. The van der Waals surface area contributed by atoms with Crippen molar-refractivity contribution in [3.8, 4) is 5.88 Å². The number of ether oxygens (including phenoxy) is 1. The third-order valence-electron chi connectivity index (χ3n) is 3.08. The van der Waals surface area contributed by atoms with E-state index < -0.39 is 0 Å². The van der Waals surface area contributed by atoms with Crippen molar-refractivity contribution < 1.29 is 9.15 Å². The van der Waals surface area contributed by atoms with Crippen molar-refractivity contribution in [2.75, 3.05) is 5.32 Å². The fraction of sp³-hybridized carbons (Fsp3) is 0.500. The fourth-order valence-corrected chi connectivity index (χ4v) is 2.26. The molecule has 5 nitrogen and oxygen atoms in total. The Morgan fingerprint density at radius 2 is 1.81 bits per heavy atom. The number of rotatable bonds is 5. The molecule has 5 heteroatoms. The van der Waals surface area contributed by atoms with Crippen molar-refractivity contribution in [1.29, 1.82) is 0 Å². The molecule has 0 aromatic carbocycles. The molecule has 0 saturated heterocycles. The van der Waals surface area contributed by atoms with Crippen LogP contribution >= 0.6 is 0 Å². The first-order valence-corrected chi connectivity index (χ1v) is 7.21. The van der Waals surface area contributed by atoms with Gasteiger partial charge in [-0.25, -0.2) is 4.98 Å². The van der Waals surface area contributed by atoms with Crippen LogP contribution in [-0.2, 0) is 0 Å². The van der Waals surface area contributed by atoms with E-state index in [0.29, 0.717) is 11.8 Å². The molecule has 1 N–H and O–H groups in total. The lowest BCUT2D eigenvalue weighted by Crippen LogP contribution is -2.12. The number of anilines is 1. The van der Waals surface area contributed by atoms with Gasteiger partial charge in [-0.1, -0.05) is 0 Å². The number of aryl methyl sites for hydroxylation is 3. The maximum absolute atomic E-state index is 5.64. The number of hydrogen-bond acceptors (Lipinski definition) is 5. The second-order valence-electron chi connectivity index (χ2n) is 5.57. The first kappa shape index (κ1) is 15.4. The summed E-state index contributed by atoms with van der Waals surface area (Å²) in [7, 11) is 0. The fourth-order valence-electron chi connectivity index (χ4n) is 2.26. The van der Waals surface area contributed by atoms with E-state index in [4.69, 9.17) is 9.15 Å². The van der Waals surface area contributed by atoms with E-state index in [1.165, 1.54) is 0 Å². The van der Waals surface area contributed by atoms with E-state index in [0.717, 1.165) is 22.8 Å². The van der Waals surface area contributed by atoms with Gasteiger partial charge >= 0.3 is 0 Å². The molecule has 2 aromatic rings. The Morgan fingerprint density at radius 3 is 2.38 bits per heavy atom. The van der Waals surface area contributed by atoms with Gasteiger partial charge in [-0.15, -0.1) is 0 Å². The predicted molar refractivity (Wildman–Crippen MR) is 82.8 cm³/mol. The van der Waals surface area contributed by atoms with Gasteiger partial charge in [-0.3, -0.25) is 0 Å². The van der Waals surface area contributed by atoms with Gasteiger partial charge in [0.05, 0.1) is 12.1 Å². The van der Waals surface area contributed by atoms with E-state index in [1.807, 2.05) is 46.8 Å². The maximum Gasteiger partial charge on any atom is 0.226 e. The van der Waals surface area contributed by atoms with Crippen molar-refractivity contribution in [2.24, 2.45) is 0 Å². The van der Waals surface area contributed by atoms with Crippen molar-refractivity contribution in [1.82, 2.24) is 9.97 Å². The topological polar surface area (TPSA) is 60.2 Å². The van der Waals surface area contributed by atoms with Crippen LogP contribution in [0.3, 0.4) is 0 Å². The van der Waals surface area contributed by atoms with Crippen molar-refractivity contribution >= 4 is 5.95 Å². The largest absolute Gasteiger partial charge is 0.475 e. The highest BCUT2D eigenvalue weighted by molar-refractivity contribution is 5.36. The molecule has 0 aliphatic carbocycles. The Hall–Kier alpha value is -2.04. The average Bonchev–Trinajstić information content (AvgIpc) is 2.66. The van der Waals surface area contributed by atoms with Crippen LogP contribution in [0.15, 0.2) is 16.5 Å². The molecule has 0 spiro atoms. The summed E-state index contributed by atoms with van der Waals surface area (Å²) in [6.07, 6.45) is 0.0864. The summed E-state index contributed by atoms with van der Waals surface area (Å²) < 4.78 is 11.2. The Labute approximate surface area is 125 Å². The van der Waals surface area contributed by atoms with Gasteiger partial charge in [0, 0.05) is 17.3 Å². The molecule has 21 heavy (non-hydrogen) atoms. The zero-order chi connectivity index (χ0) is 15.6. The summed E-state index contributed by atoms with van der Waals surface area (Å²) >= 11 is 0. The summed E-state index contributed by atoms with van der Waals surface area (Å²) in [5.74, 6) is 2.98. The minimum atomic E-state index is 0.0659. The van der Waals surface area contributed by atoms with Gasteiger partial charge in [0.25, 0.3) is 0 Å². The number of aromatic nitrogens is 2. The molecule has 0 amide bonds. The highest BCUT2D eigenvalue weighted by Crippen LogP contribution is 2.24. The van der Waals surface area contributed by atoms with E-state index in [-0.39, 0.29) is 12.1 Å². The van der Waals surface area contributed by atoms with E-state index in [1.54, 1.807) is 0 Å². The molecule has 2 heterocycles. The zero-order valence-corrected chi connectivity index (χ0v) is 13.5. The summed E-state index contributed by atoms with van der Waals surface area (Å²) in [6, 6.07) is 3.94. The van der Waals surface area contributed by atoms with Crippen LogP contribution in [0.2, 0.25) is 0 Å². The summed E-state index contributed by atoms with van der Waals surface area (Å²) in [5.41, 5.74) is 1.99. The van der Waals surface area contributed by atoms with Gasteiger partial charge in [-0.05, 0) is 47.6 Å². The van der Waals surface area contributed by atoms with Crippen LogP contribution in [0.4, 0.5) is 5.95 Å². The lowest BCUT2D eigenvalue weighted by Gasteiger charge is -2.15. The summed E-state index contributed by atoms with van der Waals surface area (Å²) in [6.45, 7) is 11.9. The second-order valence-corrected chi connectivity index (χ2v) is 5.57. The summed E-state index contributed by atoms with van der Waals surface area (Å²) in [5, 5.41) is 3.30. The number of nitrogens with zero attached hydrogens (tertiary/aromatic N) is 2. The molecular weight excluding hydrogens is 266 g/mol. The van der Waals surface area contributed by atoms with Crippen molar-refractivity contribution in [3.05, 3.63) is 34.9 Å². The molecule has 0 aliphatic rings. The smallest absolute Gasteiger partial charge is 0.226 e. The number of furan rings is 1. The van der Waals surface area contributed by atoms with Gasteiger partial charge < -0.3 is 14.5 Å². The molecule has 0 saturated carbocycles. The second kappa shape index (κ2) is 6.16. The van der Waals surface area contributed by atoms with Gasteiger partial charge in [-0.2, -0.15) is 4.98 Å². The van der Waals surface area contributed by atoms with Crippen molar-refractivity contribution in [2.45, 2.75) is 53.7 Å². The number of hydrogen-bond donors (Lipinski definition) is 1. The van der Waals surface area contributed by atoms with Crippen LogP contribution in [0.25, 0.3) is 0 Å². The number of nitrogens with one attached hydrogen (secondary N) is 1. The van der Waals surface area contributed by atoms with Crippen LogP contribution in [0.5, 0.6) is 5.88 Å². The monoisotopic (exact) mass is 289 g/mol. The van der Waals surface area contributed by atoms with Gasteiger partial charge in [0.15, 0.2) is 0 Å². The molecule has 0 bridgehead atoms. The minimum absolute atomic E-state index is 0.0659. The lowest BCUT2D eigenvalue weighted by atomic mass is 10.1. The highest BCUT2D eigenvalue weighted by Gasteiger charge is 2.14. The first-order chi connectivity index (χ1) is 9.85. The molecule has 114 valence electrons. The molecule has 2 rings (SSSR count). The molecule has 0 fully saturated rings. The highest BCUT2D eigenvalue weighted by atomic mass is 16.5. The molecule has 0 aliphatic heterocycles. The lowest BCUT2D eigenvalue weighted by molar-refractivity contribution is 0.232. The van der Waals surface area contributed by atoms with Crippen LogP contribution < -0.4 is 10.1 Å². The molecule has 2 aromatic heterocycles. The van der Waals surface area contributed by atoms with E-state index in [2.05, 4.69) is 22.2 Å². The summed E-state index contributed by atoms with van der Waals surface area (Å²) in [4.78, 5) is 8.81. The van der Waals surface area contributed by atoms with Crippen LogP contribution in [0, 0.1) is 20.8 Å². The van der Waals surface area contributed by atoms with Gasteiger partial charge in [0.2, 0.25) is 11.8 Å². The molecule has 0 radical (unpaired) electrons. The van der Waals surface area contributed by atoms with Gasteiger partial charge in [0.1, 0.15) is 11.5 Å². The molecule has 1 unspecified atom stereocenters. The predicted octanol–water partition coefficient (Wildman–Crippen LogP) is 3.96. The Bertz CT molecular complexity index is 620. The van der Waals surface area contributed by atoms with E-state index >= 15 is 0 Å². The maximum atomic E-state index is 5.64. The minimum Gasteiger partial charge on any atom is -0.475 e. The molecular formula is C16H23N3O2. The first-order valence-electron chi connectivity index (χ1n) is 7.21. The van der Waals surface area contributed by atoms with Crippen molar-refractivity contribution in [3.63, 3.8) is 0 Å². The van der Waals surface area contributed by atoms with Crippen LogP contribution in [-0.4, -0.2) is 16.1 Å². The zero-order valence-electron chi connectivity index (χ0n) is 13.5. The third-order valence-corrected chi connectivity index (χ3v) is 3.08. The Morgan fingerprint density at radius 1 is 1.10 bits per heavy atom. The SMILES string of the molecule is Cc1cc(OC(C)C)nc(NC(C)c2cc(C)oc2C)n1. The Kier molecular flexibility index (Phi) is 4.50. The van der Waals surface area contributed by atoms with Crippen LogP contribution in [0.1, 0.15) is 49.6 Å². The third kappa shape index (κ3) is 3.97. The molecule has 1 atom stereocenters. The normalized spacial score (nSPS) is 12.5.